The Morgan fingerprint density at radius 1 is 0.963 bits per heavy atom. The highest BCUT2D eigenvalue weighted by atomic mass is 127. The first kappa shape index (κ1) is 24.0. The van der Waals surface area contributed by atoms with Crippen molar-refractivity contribution in [3.63, 3.8) is 0 Å². The molecule has 0 fully saturated rings. The fraction of sp³-hybridized carbons (Fsp3) is 0.417. The van der Waals surface area contributed by atoms with Crippen molar-refractivity contribution in [2.45, 2.75) is 21.4 Å². The van der Waals surface area contributed by atoms with Gasteiger partial charge >= 0.3 is 21.4 Å². The van der Waals surface area contributed by atoms with Gasteiger partial charge in [-0.05, 0) is 0 Å². The number of Topliss-reactive ketones (excluding diaryl/α,β-unsaturated/α-hetero) is 1. The summed E-state index contributed by atoms with van der Waals surface area (Å²) in [5.74, 6) is -1.12. The van der Waals surface area contributed by atoms with Gasteiger partial charge in [-0.3, -0.25) is 4.79 Å². The summed E-state index contributed by atoms with van der Waals surface area (Å²) in [6.45, 7) is -1.43. The highest BCUT2D eigenvalue weighted by Crippen LogP contribution is 2.48. The summed E-state index contributed by atoms with van der Waals surface area (Å²) in [5, 5.41) is -6.41. The van der Waals surface area contributed by atoms with E-state index in [0.717, 1.165) is 16.9 Å². The number of carbonyl (C=O) groups excluding carboxylic acids is 1. The summed E-state index contributed by atoms with van der Waals surface area (Å²) < 4.78 is 125. The Hall–Kier alpha value is -1.07. The molecule has 1 rings (SSSR count). The smallest absolute Gasteiger partial charge is 0.293 e. The van der Waals surface area contributed by atoms with E-state index >= 15 is 0 Å². The standard InChI is InChI=1S/C12H8F8INO4S/c13-9(14,21)10(15,16)26-11(17,18)12(19,20)27(24,25)22-6-8(23)7-4-2-1-3-5-7/h1-5,22H,6H2. The second kappa shape index (κ2) is 7.75. The highest BCUT2D eigenvalue weighted by Gasteiger charge is 2.73. The molecule has 0 aliphatic carbocycles. The van der Waals surface area contributed by atoms with Crippen LogP contribution in [0.25, 0.3) is 0 Å². The Balaban J connectivity index is 3.00. The lowest BCUT2D eigenvalue weighted by Crippen LogP contribution is -2.57. The summed E-state index contributed by atoms with van der Waals surface area (Å²) in [7, 11) is -6.50. The zero-order valence-electron chi connectivity index (χ0n) is 12.5. The molecule has 0 radical (unpaired) electrons. The maximum atomic E-state index is 13.5. The van der Waals surface area contributed by atoms with Crippen LogP contribution >= 0.6 is 22.6 Å². The van der Waals surface area contributed by atoms with E-state index in [1.807, 2.05) is 0 Å². The molecule has 0 saturated heterocycles. The van der Waals surface area contributed by atoms with Crippen LogP contribution in [0.5, 0.6) is 0 Å². The van der Waals surface area contributed by atoms with E-state index in [9.17, 15) is 48.3 Å². The average molecular weight is 541 g/mol. The maximum absolute atomic E-state index is 13.5. The Morgan fingerprint density at radius 3 is 1.89 bits per heavy atom. The predicted octanol–water partition coefficient (Wildman–Crippen LogP) is 3.61. The Kier molecular flexibility index (Phi) is 6.88. The quantitative estimate of drug-likeness (QED) is 0.225. The van der Waals surface area contributed by atoms with Gasteiger partial charge in [0.15, 0.2) is 5.78 Å². The molecule has 0 bridgehead atoms. The van der Waals surface area contributed by atoms with Crippen molar-refractivity contribution in [1.82, 2.24) is 4.72 Å². The molecule has 0 saturated carbocycles. The fourth-order valence-electron chi connectivity index (χ4n) is 1.41. The molecule has 1 aromatic rings. The van der Waals surface area contributed by atoms with Crippen LogP contribution in [-0.4, -0.2) is 42.1 Å². The number of hydrogen-bond donors (Lipinski definition) is 1. The van der Waals surface area contributed by atoms with Crippen LogP contribution in [0.4, 0.5) is 35.1 Å². The summed E-state index contributed by atoms with van der Waals surface area (Å²) in [4.78, 5) is 11.6. The number of benzene rings is 1. The molecule has 5 nitrogen and oxygen atoms in total. The molecule has 27 heavy (non-hydrogen) atoms. The lowest BCUT2D eigenvalue weighted by molar-refractivity contribution is -0.438. The van der Waals surface area contributed by atoms with Gasteiger partial charge in [-0.25, -0.2) is 17.9 Å². The highest BCUT2D eigenvalue weighted by molar-refractivity contribution is 14.1. The van der Waals surface area contributed by atoms with E-state index in [0.29, 0.717) is 0 Å². The van der Waals surface area contributed by atoms with E-state index in [4.69, 9.17) is 0 Å². The molecule has 0 heterocycles. The average Bonchev–Trinajstić information content (AvgIpc) is 2.51. The van der Waals surface area contributed by atoms with E-state index in [1.165, 1.54) is 18.2 Å². The van der Waals surface area contributed by atoms with Crippen LogP contribution in [0, 0.1) is 0 Å². The van der Waals surface area contributed by atoms with Gasteiger partial charge in [0.2, 0.25) is 0 Å². The van der Waals surface area contributed by atoms with Crippen LogP contribution in [0.3, 0.4) is 0 Å². The lowest BCUT2D eigenvalue weighted by atomic mass is 10.1. The molecule has 0 atom stereocenters. The minimum Gasteiger partial charge on any atom is -0.293 e. The molecule has 0 aromatic heterocycles. The second-order valence-corrected chi connectivity index (χ2v) is 7.93. The molecule has 0 unspecified atom stereocenters. The van der Waals surface area contributed by atoms with Crippen LogP contribution in [0.15, 0.2) is 30.3 Å². The number of ether oxygens (including phenoxy) is 1. The summed E-state index contributed by atoms with van der Waals surface area (Å²) in [6, 6.07) is 6.40. The van der Waals surface area contributed by atoms with E-state index < -0.39 is 43.8 Å². The first-order valence-corrected chi connectivity index (χ1v) is 8.98. The summed E-state index contributed by atoms with van der Waals surface area (Å²) in [5.41, 5.74) is -0.178. The van der Waals surface area contributed by atoms with Crippen molar-refractivity contribution in [2.75, 3.05) is 6.54 Å². The fourth-order valence-corrected chi connectivity index (χ4v) is 2.38. The van der Waals surface area contributed by atoms with Crippen LogP contribution in [0.1, 0.15) is 10.4 Å². The van der Waals surface area contributed by atoms with Gasteiger partial charge in [-0.2, -0.15) is 35.1 Å². The molecule has 1 aromatic carbocycles. The third-order valence-electron chi connectivity index (χ3n) is 2.78. The zero-order valence-corrected chi connectivity index (χ0v) is 15.5. The third kappa shape index (κ3) is 5.26. The number of ketones is 1. The van der Waals surface area contributed by atoms with Gasteiger partial charge in [0.1, 0.15) is 0 Å². The van der Waals surface area contributed by atoms with Crippen molar-refractivity contribution in [3.8, 4) is 0 Å². The van der Waals surface area contributed by atoms with Crippen molar-refractivity contribution >= 4 is 38.4 Å². The molecule has 0 aliphatic heterocycles. The Morgan fingerprint density at radius 2 is 1.44 bits per heavy atom. The molecular weight excluding hydrogens is 533 g/mol. The van der Waals surface area contributed by atoms with E-state index in [1.54, 1.807) is 0 Å². The Labute approximate surface area is 160 Å². The minimum absolute atomic E-state index is 0.178. The predicted molar refractivity (Wildman–Crippen MR) is 82.6 cm³/mol. The van der Waals surface area contributed by atoms with Gasteiger partial charge in [0, 0.05) is 28.2 Å². The monoisotopic (exact) mass is 541 g/mol. The Bertz CT molecular complexity index is 782. The molecule has 0 amide bonds. The summed E-state index contributed by atoms with van der Waals surface area (Å²) >= 11 is -0.356. The number of hydrogen-bond acceptors (Lipinski definition) is 4. The minimum atomic E-state index is -6.56. The normalized spacial score (nSPS) is 14.3. The van der Waals surface area contributed by atoms with Crippen LogP contribution in [-0.2, 0) is 14.8 Å². The lowest BCUT2D eigenvalue weighted by Gasteiger charge is -2.30. The topological polar surface area (TPSA) is 72.5 Å². The molecular formula is C12H8F8INO4S. The van der Waals surface area contributed by atoms with Crippen molar-refractivity contribution in [2.24, 2.45) is 0 Å². The van der Waals surface area contributed by atoms with Crippen molar-refractivity contribution in [1.29, 1.82) is 0 Å². The van der Waals surface area contributed by atoms with Crippen LogP contribution in [0.2, 0.25) is 0 Å². The first-order valence-electron chi connectivity index (χ1n) is 6.42. The molecule has 15 heteroatoms. The number of nitrogens with one attached hydrogen (secondary N) is 1. The van der Waals surface area contributed by atoms with E-state index in [-0.39, 0.29) is 28.2 Å². The zero-order chi connectivity index (χ0) is 21.3. The number of alkyl halides is 9. The summed E-state index contributed by atoms with van der Waals surface area (Å²) in [6.07, 6.45) is -12.7. The maximum Gasteiger partial charge on any atom is 0.448 e. The van der Waals surface area contributed by atoms with Gasteiger partial charge in [0.25, 0.3) is 10.0 Å². The van der Waals surface area contributed by atoms with Crippen LogP contribution < -0.4 is 4.72 Å². The van der Waals surface area contributed by atoms with Gasteiger partial charge in [0.05, 0.1) is 6.54 Å². The SMILES string of the molecule is O=C(CNS(=O)(=O)C(F)(F)C(F)(F)OC(F)(F)C(F)(F)I)c1ccccc1. The number of rotatable bonds is 9. The number of halogens is 9. The largest absolute Gasteiger partial charge is 0.448 e. The van der Waals surface area contributed by atoms with Gasteiger partial charge in [-0.15, -0.1) is 0 Å². The number of carbonyl (C=O) groups is 1. The van der Waals surface area contributed by atoms with Gasteiger partial charge < -0.3 is 0 Å². The second-order valence-electron chi connectivity index (χ2n) is 4.76. The van der Waals surface area contributed by atoms with Gasteiger partial charge in [-0.1, -0.05) is 30.3 Å². The van der Waals surface area contributed by atoms with E-state index in [2.05, 4.69) is 4.74 Å². The third-order valence-corrected chi connectivity index (χ3v) is 4.85. The van der Waals surface area contributed by atoms with Crippen molar-refractivity contribution < 1.29 is 53.1 Å². The molecule has 1 N–H and O–H groups in total. The van der Waals surface area contributed by atoms with Crippen molar-refractivity contribution in [3.05, 3.63) is 35.9 Å². The molecule has 0 aliphatic rings. The molecule has 0 spiro atoms. The molecule has 154 valence electrons. The number of sulfonamides is 1. The first-order chi connectivity index (χ1) is 11.9.